The van der Waals surface area contributed by atoms with Crippen molar-refractivity contribution in [2.75, 3.05) is 20.1 Å². The normalized spacial score (nSPS) is 17.6. The Morgan fingerprint density at radius 2 is 2.22 bits per heavy atom. The van der Waals surface area contributed by atoms with Crippen molar-refractivity contribution in [3.8, 4) is 0 Å². The third-order valence-corrected chi connectivity index (χ3v) is 1.21. The first kappa shape index (κ1) is 6.42. The van der Waals surface area contributed by atoms with Gasteiger partial charge in [-0.05, 0) is 0 Å². The maximum atomic E-state index is 5.34. The van der Waals surface area contributed by atoms with Gasteiger partial charge in [0.25, 0.3) is 0 Å². The number of nitrogens with zero attached hydrogens (tertiary/aromatic N) is 2. The van der Waals surface area contributed by atoms with Crippen LogP contribution in [0, 0.1) is 6.67 Å². The molecule has 51 valence electrons. The third kappa shape index (κ3) is 1.61. The van der Waals surface area contributed by atoms with Gasteiger partial charge in [-0.1, -0.05) is 0 Å². The first-order valence-corrected chi connectivity index (χ1v) is 3.04. The van der Waals surface area contributed by atoms with Gasteiger partial charge in [-0.25, -0.2) is 0 Å². The van der Waals surface area contributed by atoms with E-state index in [2.05, 4.69) is 4.90 Å². The third-order valence-electron chi connectivity index (χ3n) is 1.21. The van der Waals surface area contributed by atoms with E-state index in [1.165, 1.54) is 0 Å². The van der Waals surface area contributed by atoms with Gasteiger partial charge in [-0.15, -0.1) is 0 Å². The van der Waals surface area contributed by atoms with Gasteiger partial charge in [0.05, 0.1) is 0 Å². The van der Waals surface area contributed by atoms with Gasteiger partial charge in [0, 0.05) is 32.5 Å². The smallest absolute Gasteiger partial charge is 0.141 e. The second-order valence-corrected chi connectivity index (χ2v) is 2.11. The molecule has 0 amide bonds. The average Bonchev–Trinajstić information content (AvgIpc) is 2.17. The van der Waals surface area contributed by atoms with E-state index in [1.807, 2.05) is 31.0 Å². The first-order valence-electron chi connectivity index (χ1n) is 3.04. The van der Waals surface area contributed by atoms with Crippen LogP contribution >= 0.6 is 0 Å². The van der Waals surface area contributed by atoms with Crippen molar-refractivity contribution in [2.24, 2.45) is 5.73 Å². The Morgan fingerprint density at radius 1 is 1.44 bits per heavy atom. The molecule has 9 heavy (non-hydrogen) atoms. The van der Waals surface area contributed by atoms with Crippen molar-refractivity contribution in [2.45, 2.75) is 0 Å². The highest BCUT2D eigenvalue weighted by Crippen LogP contribution is 2.06. The van der Waals surface area contributed by atoms with E-state index in [9.17, 15) is 0 Å². The molecule has 0 aliphatic carbocycles. The van der Waals surface area contributed by atoms with E-state index < -0.39 is 0 Å². The number of hydrogen-bond donors (Lipinski definition) is 1. The molecule has 0 atom stereocenters. The molecule has 1 aliphatic rings. The standard InChI is InChI=1S/C6H12N3/c1-8-4-5-9(6-8)3-2-7/h4-6H,2-3,7H2,1H3. The SMILES string of the molecule is CN1[CH]N(CCN)C=C1. The summed E-state index contributed by atoms with van der Waals surface area (Å²) < 4.78 is 0. The highest BCUT2D eigenvalue weighted by molar-refractivity contribution is 4.94. The van der Waals surface area contributed by atoms with Crippen LogP contribution in [0.1, 0.15) is 0 Å². The van der Waals surface area contributed by atoms with Crippen LogP contribution in [-0.4, -0.2) is 29.9 Å². The average molecular weight is 126 g/mol. The maximum Gasteiger partial charge on any atom is 0.141 e. The van der Waals surface area contributed by atoms with Gasteiger partial charge in [-0.2, -0.15) is 0 Å². The Hall–Kier alpha value is -0.700. The summed E-state index contributed by atoms with van der Waals surface area (Å²) in [5.41, 5.74) is 5.34. The zero-order valence-corrected chi connectivity index (χ0v) is 5.62. The molecular weight excluding hydrogens is 114 g/mol. The molecule has 0 saturated carbocycles. The molecule has 1 radical (unpaired) electrons. The van der Waals surface area contributed by atoms with Crippen LogP contribution in [0.5, 0.6) is 0 Å². The lowest BCUT2D eigenvalue weighted by Gasteiger charge is -2.14. The molecule has 0 bridgehead atoms. The molecule has 1 rings (SSSR count). The Morgan fingerprint density at radius 3 is 2.67 bits per heavy atom. The highest BCUT2D eigenvalue weighted by Gasteiger charge is 2.06. The molecule has 0 saturated heterocycles. The highest BCUT2D eigenvalue weighted by atomic mass is 15.3. The van der Waals surface area contributed by atoms with Crippen molar-refractivity contribution < 1.29 is 0 Å². The van der Waals surface area contributed by atoms with Crippen molar-refractivity contribution in [3.63, 3.8) is 0 Å². The van der Waals surface area contributed by atoms with Crippen LogP contribution < -0.4 is 5.73 Å². The van der Waals surface area contributed by atoms with Crippen LogP contribution in [0.25, 0.3) is 0 Å². The first-order chi connectivity index (χ1) is 4.33. The Balaban J connectivity index is 2.24. The number of nitrogens with two attached hydrogens (primary N) is 1. The van der Waals surface area contributed by atoms with Crippen LogP contribution in [-0.2, 0) is 0 Å². The number of rotatable bonds is 2. The van der Waals surface area contributed by atoms with E-state index in [1.54, 1.807) is 0 Å². The maximum absolute atomic E-state index is 5.34. The second-order valence-electron chi connectivity index (χ2n) is 2.11. The van der Waals surface area contributed by atoms with Gasteiger partial charge < -0.3 is 15.5 Å². The summed E-state index contributed by atoms with van der Waals surface area (Å²) in [6.45, 7) is 3.61. The quantitative estimate of drug-likeness (QED) is 0.555. The fourth-order valence-electron chi connectivity index (χ4n) is 0.783. The van der Waals surface area contributed by atoms with Gasteiger partial charge in [0.15, 0.2) is 0 Å². The van der Waals surface area contributed by atoms with Gasteiger partial charge >= 0.3 is 0 Å². The van der Waals surface area contributed by atoms with Crippen molar-refractivity contribution in [1.29, 1.82) is 0 Å². The second kappa shape index (κ2) is 2.73. The Kier molecular flexibility index (Phi) is 1.95. The molecular formula is C6H12N3. The van der Waals surface area contributed by atoms with Crippen LogP contribution in [0.2, 0.25) is 0 Å². The fraction of sp³-hybridized carbons (Fsp3) is 0.500. The van der Waals surface area contributed by atoms with Crippen LogP contribution in [0.15, 0.2) is 12.4 Å². The summed E-state index contributed by atoms with van der Waals surface area (Å²) in [4.78, 5) is 4.05. The van der Waals surface area contributed by atoms with E-state index in [0.29, 0.717) is 6.54 Å². The van der Waals surface area contributed by atoms with E-state index >= 15 is 0 Å². The molecule has 0 aromatic rings. The predicted octanol–water partition coefficient (Wildman–Crippen LogP) is -0.217. The lowest BCUT2D eigenvalue weighted by molar-refractivity contribution is 0.386. The summed E-state index contributed by atoms with van der Waals surface area (Å²) in [6.07, 6.45) is 4.00. The molecule has 0 unspecified atom stereocenters. The number of hydrogen-bond acceptors (Lipinski definition) is 3. The van der Waals surface area contributed by atoms with Crippen LogP contribution in [0.4, 0.5) is 0 Å². The van der Waals surface area contributed by atoms with E-state index in [4.69, 9.17) is 5.73 Å². The van der Waals surface area contributed by atoms with Crippen molar-refractivity contribution >= 4 is 0 Å². The molecule has 0 aromatic heterocycles. The topological polar surface area (TPSA) is 32.5 Å². The monoisotopic (exact) mass is 126 g/mol. The van der Waals surface area contributed by atoms with Crippen LogP contribution in [0.3, 0.4) is 0 Å². The lowest BCUT2D eigenvalue weighted by Crippen LogP contribution is -2.22. The van der Waals surface area contributed by atoms with E-state index in [-0.39, 0.29) is 0 Å². The molecule has 3 heteroatoms. The summed E-state index contributed by atoms with van der Waals surface area (Å²) in [6, 6.07) is 0. The zero-order chi connectivity index (χ0) is 6.69. The molecule has 1 heterocycles. The zero-order valence-electron chi connectivity index (χ0n) is 5.62. The minimum Gasteiger partial charge on any atom is -0.356 e. The Bertz CT molecular complexity index is 111. The predicted molar refractivity (Wildman–Crippen MR) is 37.0 cm³/mol. The molecule has 0 spiro atoms. The molecule has 0 aromatic carbocycles. The summed E-state index contributed by atoms with van der Waals surface area (Å²) in [5, 5.41) is 0. The van der Waals surface area contributed by atoms with Crippen molar-refractivity contribution in [3.05, 3.63) is 19.1 Å². The van der Waals surface area contributed by atoms with Gasteiger partial charge in [-0.3, -0.25) is 0 Å². The summed E-state index contributed by atoms with van der Waals surface area (Å²) in [5.74, 6) is 0. The summed E-state index contributed by atoms with van der Waals surface area (Å²) >= 11 is 0. The molecule has 2 N–H and O–H groups in total. The minimum absolute atomic E-state index is 0.703. The molecule has 3 nitrogen and oxygen atoms in total. The largest absolute Gasteiger partial charge is 0.356 e. The Labute approximate surface area is 55.7 Å². The van der Waals surface area contributed by atoms with Crippen molar-refractivity contribution in [1.82, 2.24) is 9.80 Å². The fourth-order valence-corrected chi connectivity index (χ4v) is 0.783. The summed E-state index contributed by atoms with van der Waals surface area (Å²) in [7, 11) is 1.99. The molecule has 0 fully saturated rings. The lowest BCUT2D eigenvalue weighted by atomic mass is 10.6. The molecule has 1 aliphatic heterocycles. The van der Waals surface area contributed by atoms with Gasteiger partial charge in [0.1, 0.15) is 6.67 Å². The minimum atomic E-state index is 0.703. The van der Waals surface area contributed by atoms with E-state index in [0.717, 1.165) is 6.54 Å². The van der Waals surface area contributed by atoms with Gasteiger partial charge in [0.2, 0.25) is 0 Å².